The normalized spacial score (nSPS) is 11.1. The first-order valence-corrected chi connectivity index (χ1v) is 5.91. The van der Waals surface area contributed by atoms with E-state index in [-0.39, 0.29) is 5.69 Å². The van der Waals surface area contributed by atoms with E-state index in [1.807, 2.05) is 13.8 Å². The van der Waals surface area contributed by atoms with Crippen molar-refractivity contribution in [3.63, 3.8) is 0 Å². The molecular weight excluding hydrogens is 255 g/mol. The van der Waals surface area contributed by atoms with Gasteiger partial charge in [0.25, 0.3) is 0 Å². The average Bonchev–Trinajstić information content (AvgIpc) is 2.82. The Kier molecular flexibility index (Phi) is 3.78. The van der Waals surface area contributed by atoms with Gasteiger partial charge in [0, 0.05) is 18.9 Å². The molecule has 0 spiro atoms. The molecule has 2 rings (SSSR count). The van der Waals surface area contributed by atoms with E-state index >= 15 is 0 Å². The Bertz CT molecular complexity index is 579. The molecule has 1 N–H and O–H groups in total. The van der Waals surface area contributed by atoms with Gasteiger partial charge in [0.15, 0.2) is 17.5 Å². The molecular formula is C13H14F3N3. The average molecular weight is 269 g/mol. The lowest BCUT2D eigenvalue weighted by Crippen LogP contribution is -2.13. The van der Waals surface area contributed by atoms with Crippen LogP contribution in [0.4, 0.5) is 19.1 Å². The Morgan fingerprint density at radius 2 is 1.95 bits per heavy atom. The molecule has 0 aliphatic carbocycles. The molecule has 0 fully saturated rings. The van der Waals surface area contributed by atoms with Crippen LogP contribution in [0.5, 0.6) is 0 Å². The molecule has 6 heteroatoms. The summed E-state index contributed by atoms with van der Waals surface area (Å²) in [5, 5.41) is 3.02. The lowest BCUT2D eigenvalue weighted by atomic mass is 10.2. The topological polar surface area (TPSA) is 29.9 Å². The van der Waals surface area contributed by atoms with Gasteiger partial charge in [0.1, 0.15) is 0 Å². The van der Waals surface area contributed by atoms with Crippen LogP contribution in [0.15, 0.2) is 24.5 Å². The fraction of sp³-hybridized carbons (Fsp3) is 0.308. The van der Waals surface area contributed by atoms with E-state index in [9.17, 15) is 13.2 Å². The minimum atomic E-state index is -1.49. The minimum absolute atomic E-state index is 0.0809. The number of rotatable bonds is 4. The highest BCUT2D eigenvalue weighted by Crippen LogP contribution is 2.21. The maximum Gasteiger partial charge on any atom is 0.207 e. The van der Waals surface area contributed by atoms with Crippen LogP contribution in [0.2, 0.25) is 0 Å². The number of nitrogens with one attached hydrogen (secondary N) is 1. The Balaban J connectivity index is 2.37. The van der Waals surface area contributed by atoms with Crippen molar-refractivity contribution < 1.29 is 13.2 Å². The van der Waals surface area contributed by atoms with Gasteiger partial charge in [-0.15, -0.1) is 0 Å². The van der Waals surface area contributed by atoms with Gasteiger partial charge in [-0.1, -0.05) is 13.8 Å². The first-order chi connectivity index (χ1) is 9.00. The van der Waals surface area contributed by atoms with Crippen molar-refractivity contribution in [2.24, 2.45) is 5.92 Å². The summed E-state index contributed by atoms with van der Waals surface area (Å²) in [5.74, 6) is -3.16. The number of aromatic nitrogens is 2. The van der Waals surface area contributed by atoms with Gasteiger partial charge in [-0.3, -0.25) is 4.57 Å². The highest BCUT2D eigenvalue weighted by Gasteiger charge is 2.16. The molecule has 1 aromatic carbocycles. The van der Waals surface area contributed by atoms with Crippen LogP contribution >= 0.6 is 0 Å². The molecule has 1 heterocycles. The largest absolute Gasteiger partial charge is 0.355 e. The lowest BCUT2D eigenvalue weighted by molar-refractivity contribution is 0.445. The number of benzene rings is 1. The number of hydrogen-bond acceptors (Lipinski definition) is 2. The SMILES string of the molecule is CC(C)CNc1nccn1-c1ccc(F)c(F)c1F. The zero-order valence-corrected chi connectivity index (χ0v) is 10.6. The van der Waals surface area contributed by atoms with E-state index in [1.54, 1.807) is 0 Å². The minimum Gasteiger partial charge on any atom is -0.355 e. The van der Waals surface area contributed by atoms with Crippen molar-refractivity contribution in [2.45, 2.75) is 13.8 Å². The standard InChI is InChI=1S/C13H14F3N3/c1-8(2)7-18-13-17-5-6-19(13)10-4-3-9(14)11(15)12(10)16/h3-6,8H,7H2,1-2H3,(H,17,18). The second kappa shape index (κ2) is 5.34. The molecule has 2 aromatic rings. The van der Waals surface area contributed by atoms with Gasteiger partial charge in [-0.25, -0.2) is 18.2 Å². The Morgan fingerprint density at radius 3 is 2.63 bits per heavy atom. The molecule has 102 valence electrons. The zero-order valence-electron chi connectivity index (χ0n) is 10.6. The summed E-state index contributed by atoms with van der Waals surface area (Å²) in [6.45, 7) is 4.67. The highest BCUT2D eigenvalue weighted by atomic mass is 19.2. The van der Waals surface area contributed by atoms with Crippen molar-refractivity contribution in [1.29, 1.82) is 0 Å². The van der Waals surface area contributed by atoms with Gasteiger partial charge in [0.2, 0.25) is 5.95 Å². The van der Waals surface area contributed by atoms with E-state index < -0.39 is 17.5 Å². The summed E-state index contributed by atoms with van der Waals surface area (Å²) >= 11 is 0. The number of imidazole rings is 1. The Morgan fingerprint density at radius 1 is 1.21 bits per heavy atom. The van der Waals surface area contributed by atoms with Crippen LogP contribution in [0.1, 0.15) is 13.8 Å². The molecule has 3 nitrogen and oxygen atoms in total. The van der Waals surface area contributed by atoms with E-state index in [1.165, 1.54) is 23.0 Å². The smallest absolute Gasteiger partial charge is 0.207 e. The predicted molar refractivity (Wildman–Crippen MR) is 66.8 cm³/mol. The van der Waals surface area contributed by atoms with E-state index in [0.29, 0.717) is 18.4 Å². The summed E-state index contributed by atoms with van der Waals surface area (Å²) in [4.78, 5) is 4.03. The van der Waals surface area contributed by atoms with Gasteiger partial charge in [-0.05, 0) is 18.1 Å². The van der Waals surface area contributed by atoms with Crippen LogP contribution < -0.4 is 5.32 Å². The number of anilines is 1. The molecule has 19 heavy (non-hydrogen) atoms. The molecule has 0 radical (unpaired) electrons. The molecule has 0 saturated carbocycles. The molecule has 0 amide bonds. The monoisotopic (exact) mass is 269 g/mol. The van der Waals surface area contributed by atoms with Crippen LogP contribution in [0, 0.1) is 23.4 Å². The molecule has 0 saturated heterocycles. The van der Waals surface area contributed by atoms with E-state index in [4.69, 9.17) is 0 Å². The highest BCUT2D eigenvalue weighted by molar-refractivity contribution is 5.43. The molecule has 0 atom stereocenters. The van der Waals surface area contributed by atoms with Crippen molar-refractivity contribution in [2.75, 3.05) is 11.9 Å². The fourth-order valence-corrected chi connectivity index (χ4v) is 1.63. The summed E-state index contributed by atoms with van der Waals surface area (Å²) in [7, 11) is 0. The lowest BCUT2D eigenvalue weighted by Gasteiger charge is -2.12. The molecule has 0 unspecified atom stereocenters. The van der Waals surface area contributed by atoms with Crippen LogP contribution in [-0.2, 0) is 0 Å². The molecule has 0 aliphatic heterocycles. The summed E-state index contributed by atoms with van der Waals surface area (Å²) in [6.07, 6.45) is 2.95. The van der Waals surface area contributed by atoms with Gasteiger partial charge >= 0.3 is 0 Å². The van der Waals surface area contributed by atoms with Crippen molar-refractivity contribution in [1.82, 2.24) is 9.55 Å². The third-order valence-electron chi connectivity index (χ3n) is 2.58. The van der Waals surface area contributed by atoms with E-state index in [0.717, 1.165) is 6.07 Å². The second-order valence-electron chi connectivity index (χ2n) is 4.59. The molecule has 1 aromatic heterocycles. The first-order valence-electron chi connectivity index (χ1n) is 5.91. The van der Waals surface area contributed by atoms with Crippen molar-refractivity contribution in [3.05, 3.63) is 42.0 Å². The quantitative estimate of drug-likeness (QED) is 0.862. The van der Waals surface area contributed by atoms with Crippen LogP contribution in [-0.4, -0.2) is 16.1 Å². The second-order valence-corrected chi connectivity index (χ2v) is 4.59. The summed E-state index contributed by atoms with van der Waals surface area (Å²) < 4.78 is 41.2. The summed E-state index contributed by atoms with van der Waals surface area (Å²) in [5.41, 5.74) is -0.0809. The molecule has 0 bridgehead atoms. The van der Waals surface area contributed by atoms with Gasteiger partial charge < -0.3 is 5.32 Å². The van der Waals surface area contributed by atoms with Gasteiger partial charge in [0.05, 0.1) is 5.69 Å². The summed E-state index contributed by atoms with van der Waals surface area (Å²) in [6, 6.07) is 2.07. The maximum atomic E-state index is 13.7. The number of nitrogens with zero attached hydrogens (tertiary/aromatic N) is 2. The van der Waals surface area contributed by atoms with E-state index in [2.05, 4.69) is 10.3 Å². The van der Waals surface area contributed by atoms with Crippen LogP contribution in [0.25, 0.3) is 5.69 Å². The van der Waals surface area contributed by atoms with Gasteiger partial charge in [-0.2, -0.15) is 0 Å². The predicted octanol–water partition coefficient (Wildman–Crippen LogP) is 3.36. The Hall–Kier alpha value is -1.98. The van der Waals surface area contributed by atoms with Crippen molar-refractivity contribution in [3.8, 4) is 5.69 Å². The third kappa shape index (κ3) is 2.72. The maximum absolute atomic E-state index is 13.7. The first kappa shape index (κ1) is 13.5. The third-order valence-corrected chi connectivity index (χ3v) is 2.58. The fourth-order valence-electron chi connectivity index (χ4n) is 1.63. The van der Waals surface area contributed by atoms with Crippen LogP contribution in [0.3, 0.4) is 0 Å². The molecule has 0 aliphatic rings. The zero-order chi connectivity index (χ0) is 14.0. The Labute approximate surface area is 109 Å². The number of halogens is 3. The number of hydrogen-bond donors (Lipinski definition) is 1. The van der Waals surface area contributed by atoms with Crippen molar-refractivity contribution >= 4 is 5.95 Å².